The first-order valence-electron chi connectivity index (χ1n) is 21.3. The van der Waals surface area contributed by atoms with Crippen LogP contribution in [0.3, 0.4) is 0 Å². The Morgan fingerprint density at radius 3 is 1.29 bits per heavy atom. The van der Waals surface area contributed by atoms with Gasteiger partial charge in [-0.25, -0.2) is 0 Å². The van der Waals surface area contributed by atoms with Gasteiger partial charge in [0.2, 0.25) is 0 Å². The van der Waals surface area contributed by atoms with Gasteiger partial charge in [-0.2, -0.15) is 0 Å². The Kier molecular flexibility index (Phi) is 9.57. The molecule has 2 nitrogen and oxygen atoms in total. The second kappa shape index (κ2) is 16.1. The Morgan fingerprint density at radius 2 is 0.694 bits per heavy atom. The Bertz CT molecular complexity index is 3280. The summed E-state index contributed by atoms with van der Waals surface area (Å²) in [6.45, 7) is 0. The van der Waals surface area contributed by atoms with Crippen molar-refractivity contribution in [2.24, 2.45) is 0 Å². The van der Waals surface area contributed by atoms with E-state index in [9.17, 15) is 0 Å². The molecular formula is C60H42N2. The maximum atomic E-state index is 2.42. The lowest BCUT2D eigenvalue weighted by atomic mass is 9.95. The number of fused-ring (bicyclic) bond motifs is 3. The molecule has 0 aliphatic rings. The van der Waals surface area contributed by atoms with Crippen molar-refractivity contribution in [3.8, 4) is 61.3 Å². The van der Waals surface area contributed by atoms with Gasteiger partial charge in [0.15, 0.2) is 0 Å². The third-order valence-corrected chi connectivity index (χ3v) is 12.0. The highest BCUT2D eigenvalue weighted by atomic mass is 15.1. The van der Waals surface area contributed by atoms with Gasteiger partial charge in [0.1, 0.15) is 0 Å². The van der Waals surface area contributed by atoms with Crippen molar-refractivity contribution in [3.63, 3.8) is 0 Å². The number of aromatic nitrogens is 1. The smallest absolute Gasteiger partial charge is 0.0547 e. The molecule has 11 rings (SSSR count). The van der Waals surface area contributed by atoms with Gasteiger partial charge in [0.25, 0.3) is 0 Å². The number of nitrogens with zero attached hydrogens (tertiary/aromatic N) is 2. The normalized spacial score (nSPS) is 11.2. The summed E-state index contributed by atoms with van der Waals surface area (Å²) in [7, 11) is 0. The van der Waals surface area contributed by atoms with Crippen LogP contribution in [0.25, 0.3) is 83.1 Å². The van der Waals surface area contributed by atoms with E-state index < -0.39 is 0 Å². The summed E-state index contributed by atoms with van der Waals surface area (Å²) in [4.78, 5) is 2.42. The van der Waals surface area contributed by atoms with Crippen LogP contribution in [0.15, 0.2) is 255 Å². The van der Waals surface area contributed by atoms with E-state index in [0.29, 0.717) is 0 Å². The summed E-state index contributed by atoms with van der Waals surface area (Å²) >= 11 is 0. The molecule has 0 atom stereocenters. The molecule has 0 aliphatic carbocycles. The molecule has 0 unspecified atom stereocenters. The van der Waals surface area contributed by atoms with Crippen molar-refractivity contribution in [1.29, 1.82) is 0 Å². The highest BCUT2D eigenvalue weighted by molar-refractivity contribution is 6.15. The molecular weight excluding hydrogens is 749 g/mol. The topological polar surface area (TPSA) is 8.17 Å². The largest absolute Gasteiger partial charge is 0.310 e. The van der Waals surface area contributed by atoms with Crippen LogP contribution >= 0.6 is 0 Å². The van der Waals surface area contributed by atoms with Crippen molar-refractivity contribution < 1.29 is 0 Å². The highest BCUT2D eigenvalue weighted by Gasteiger charge is 2.21. The standard InChI is InChI=1S/C60H42N2/c1-5-16-43(17-6-1)45-28-30-47(31-29-45)50-36-41-54(48-20-9-3-10-21-48)59(42-50)61(52-37-32-46(33-38-52)44-18-7-2-8-19-44)53-39-34-49(35-40-53)55-25-15-27-58-60(55)56-24-13-14-26-57(56)62(58)51-22-11-4-12-23-51/h1-42H. The van der Waals surface area contributed by atoms with Gasteiger partial charge in [-0.3, -0.25) is 0 Å². The Hall–Kier alpha value is -8.20. The van der Waals surface area contributed by atoms with Gasteiger partial charge < -0.3 is 9.47 Å². The zero-order chi connectivity index (χ0) is 41.2. The number of rotatable bonds is 9. The molecule has 2 heteroatoms. The zero-order valence-corrected chi connectivity index (χ0v) is 34.1. The zero-order valence-electron chi connectivity index (χ0n) is 34.1. The van der Waals surface area contributed by atoms with Crippen LogP contribution in [0.2, 0.25) is 0 Å². The molecule has 0 radical (unpaired) electrons. The minimum Gasteiger partial charge on any atom is -0.310 e. The number of benzene rings is 10. The van der Waals surface area contributed by atoms with Gasteiger partial charge in [-0.15, -0.1) is 0 Å². The van der Waals surface area contributed by atoms with Crippen molar-refractivity contribution >= 4 is 38.9 Å². The molecule has 0 amide bonds. The minimum absolute atomic E-state index is 1.08. The molecule has 0 bridgehead atoms. The van der Waals surface area contributed by atoms with Gasteiger partial charge in [0.05, 0.1) is 16.7 Å². The molecule has 1 heterocycles. The summed E-state index contributed by atoms with van der Waals surface area (Å²) in [6.07, 6.45) is 0. The SMILES string of the molecule is c1ccc(-c2ccc(-c3ccc(-c4ccccc4)c(N(c4ccc(-c5ccccc5)cc4)c4ccc(-c5cccc6c5c5ccccc5n6-c5ccccc5)cc4)c3)cc2)cc1. The maximum absolute atomic E-state index is 2.42. The molecule has 10 aromatic carbocycles. The van der Waals surface area contributed by atoms with Crippen LogP contribution in [0, 0.1) is 0 Å². The third-order valence-electron chi connectivity index (χ3n) is 12.0. The van der Waals surface area contributed by atoms with Crippen molar-refractivity contribution in [2.45, 2.75) is 0 Å². The van der Waals surface area contributed by atoms with Crippen molar-refractivity contribution in [3.05, 3.63) is 255 Å². The summed E-state index contributed by atoms with van der Waals surface area (Å²) in [6, 6.07) is 92.0. The summed E-state index contributed by atoms with van der Waals surface area (Å²) in [5.41, 5.74) is 18.6. The lowest BCUT2D eigenvalue weighted by Gasteiger charge is -2.29. The van der Waals surface area contributed by atoms with Gasteiger partial charge in [-0.1, -0.05) is 200 Å². The van der Waals surface area contributed by atoms with E-state index in [4.69, 9.17) is 0 Å². The van der Waals surface area contributed by atoms with Crippen LogP contribution < -0.4 is 4.90 Å². The molecule has 0 fully saturated rings. The van der Waals surface area contributed by atoms with E-state index in [1.165, 1.54) is 60.8 Å². The number of anilines is 3. The van der Waals surface area contributed by atoms with E-state index in [-0.39, 0.29) is 0 Å². The van der Waals surface area contributed by atoms with E-state index in [2.05, 4.69) is 264 Å². The molecule has 0 N–H and O–H groups in total. The molecule has 0 saturated heterocycles. The van der Waals surface area contributed by atoms with Crippen LogP contribution in [-0.2, 0) is 0 Å². The summed E-state index contributed by atoms with van der Waals surface area (Å²) in [5, 5.41) is 2.50. The van der Waals surface area contributed by atoms with Gasteiger partial charge in [0, 0.05) is 33.4 Å². The van der Waals surface area contributed by atoms with Crippen LogP contribution in [0.1, 0.15) is 0 Å². The van der Waals surface area contributed by atoms with Crippen LogP contribution in [-0.4, -0.2) is 4.57 Å². The van der Waals surface area contributed by atoms with Crippen LogP contribution in [0.4, 0.5) is 17.1 Å². The fraction of sp³-hybridized carbons (Fsp3) is 0. The van der Waals surface area contributed by atoms with E-state index in [1.807, 2.05) is 0 Å². The lowest BCUT2D eigenvalue weighted by Crippen LogP contribution is -2.11. The molecule has 1 aromatic heterocycles. The first kappa shape index (κ1) is 36.8. The highest BCUT2D eigenvalue weighted by Crippen LogP contribution is 2.45. The second-order valence-corrected chi connectivity index (χ2v) is 15.7. The molecule has 0 spiro atoms. The van der Waals surface area contributed by atoms with E-state index in [1.54, 1.807) is 0 Å². The number of hydrogen-bond donors (Lipinski definition) is 0. The Labute approximate surface area is 362 Å². The molecule has 0 aliphatic heterocycles. The van der Waals surface area contributed by atoms with E-state index >= 15 is 0 Å². The fourth-order valence-electron chi connectivity index (χ4n) is 9.01. The van der Waals surface area contributed by atoms with Gasteiger partial charge in [-0.05, 0) is 105 Å². The van der Waals surface area contributed by atoms with Gasteiger partial charge >= 0.3 is 0 Å². The third kappa shape index (κ3) is 6.84. The predicted molar refractivity (Wildman–Crippen MR) is 263 cm³/mol. The first-order valence-corrected chi connectivity index (χ1v) is 21.3. The number of para-hydroxylation sites is 2. The maximum Gasteiger partial charge on any atom is 0.0547 e. The number of hydrogen-bond acceptors (Lipinski definition) is 1. The van der Waals surface area contributed by atoms with Crippen molar-refractivity contribution in [1.82, 2.24) is 4.57 Å². The first-order chi connectivity index (χ1) is 30.8. The quantitative estimate of drug-likeness (QED) is 0.141. The molecule has 0 saturated carbocycles. The average Bonchev–Trinajstić information content (AvgIpc) is 3.70. The molecule has 11 aromatic rings. The molecule has 62 heavy (non-hydrogen) atoms. The lowest BCUT2D eigenvalue weighted by molar-refractivity contribution is 1.18. The molecule has 292 valence electrons. The van der Waals surface area contributed by atoms with Crippen molar-refractivity contribution in [2.75, 3.05) is 4.90 Å². The fourth-order valence-corrected chi connectivity index (χ4v) is 9.01. The predicted octanol–water partition coefficient (Wildman–Crippen LogP) is 16.6. The Balaban J connectivity index is 1.07. The summed E-state index contributed by atoms with van der Waals surface area (Å²) in [5.74, 6) is 0. The van der Waals surface area contributed by atoms with Crippen LogP contribution in [0.5, 0.6) is 0 Å². The average molecular weight is 791 g/mol. The summed E-state index contributed by atoms with van der Waals surface area (Å²) < 4.78 is 2.39. The Morgan fingerprint density at radius 1 is 0.274 bits per heavy atom. The second-order valence-electron chi connectivity index (χ2n) is 15.7. The minimum atomic E-state index is 1.08. The monoisotopic (exact) mass is 790 g/mol. The van der Waals surface area contributed by atoms with E-state index in [0.717, 1.165) is 39.4 Å².